The number of halogens is 2. The average molecular weight is 543 g/mol. The van der Waals surface area contributed by atoms with E-state index in [2.05, 4.69) is 39.9 Å². The molecule has 3 aromatic heterocycles. The van der Waals surface area contributed by atoms with Crippen molar-refractivity contribution >= 4 is 17.6 Å². The van der Waals surface area contributed by atoms with Crippen LogP contribution in [0.25, 0.3) is 5.65 Å². The highest BCUT2D eigenvalue weighted by molar-refractivity contribution is 5.93. The Morgan fingerprint density at radius 2 is 2.00 bits per heavy atom. The standard InChI is InChI=1S/C26H32F2N8O3/c1-25(2)13-29-24(38)35(14-25)11-15-9-19-31-18(12-36(19)30-10-15)20(17-5-7-26(27,28)8-6-17)32-23(37)22-21(16-3-4-16)33-39-34-22/h9-10,12,16-17,20H,3-8,11,13-14H2,1-2H3,(H,29,38)(H,32,37)/t20-/m0/s1. The second-order valence-corrected chi connectivity index (χ2v) is 11.9. The molecule has 3 amide bonds. The van der Waals surface area contributed by atoms with Crippen LogP contribution in [0, 0.1) is 11.3 Å². The number of urea groups is 1. The molecule has 4 heterocycles. The number of carbonyl (C=O) groups is 2. The molecule has 2 aliphatic carbocycles. The van der Waals surface area contributed by atoms with Crippen molar-refractivity contribution in [2.75, 3.05) is 13.1 Å². The van der Waals surface area contributed by atoms with E-state index in [1.807, 2.05) is 6.07 Å². The highest BCUT2D eigenvalue weighted by atomic mass is 19.3. The molecule has 0 aromatic carbocycles. The number of nitrogens with zero attached hydrogens (tertiary/aromatic N) is 6. The number of aromatic nitrogens is 5. The first-order valence-electron chi connectivity index (χ1n) is 13.5. The van der Waals surface area contributed by atoms with E-state index < -0.39 is 17.9 Å². The van der Waals surface area contributed by atoms with Gasteiger partial charge in [-0.1, -0.05) is 19.0 Å². The van der Waals surface area contributed by atoms with Gasteiger partial charge in [0.25, 0.3) is 5.91 Å². The minimum absolute atomic E-state index is 0.0487. The lowest BCUT2D eigenvalue weighted by Gasteiger charge is -2.38. The van der Waals surface area contributed by atoms with Crippen LogP contribution in [0.4, 0.5) is 13.6 Å². The van der Waals surface area contributed by atoms with Crippen molar-refractivity contribution in [3.63, 3.8) is 0 Å². The third kappa shape index (κ3) is 5.44. The van der Waals surface area contributed by atoms with E-state index in [0.717, 1.165) is 18.4 Å². The number of carbonyl (C=O) groups excluding carboxylic acids is 2. The molecular formula is C26H32F2N8O3. The summed E-state index contributed by atoms with van der Waals surface area (Å²) < 4.78 is 34.4. The SMILES string of the molecule is CC1(C)CNC(=O)N(Cc2cnn3cc([C@@H](NC(=O)c4nonc4C4CC4)C4CCC(F)(F)CC4)nc3c2)C1. The second kappa shape index (κ2) is 9.53. The molecule has 11 nitrogen and oxygen atoms in total. The highest BCUT2D eigenvalue weighted by Gasteiger charge is 2.40. The molecule has 2 N–H and O–H groups in total. The Hall–Kier alpha value is -3.64. The molecule has 2 saturated carbocycles. The molecular weight excluding hydrogens is 510 g/mol. The molecule has 3 aliphatic rings. The maximum absolute atomic E-state index is 14.0. The van der Waals surface area contributed by atoms with Crippen molar-refractivity contribution < 1.29 is 23.0 Å². The lowest BCUT2D eigenvalue weighted by Crippen LogP contribution is -2.54. The Kier molecular flexibility index (Phi) is 6.26. The Balaban J connectivity index is 1.26. The van der Waals surface area contributed by atoms with Gasteiger partial charge in [0.1, 0.15) is 5.69 Å². The van der Waals surface area contributed by atoms with Crippen molar-refractivity contribution in [3.05, 3.63) is 41.1 Å². The molecule has 6 rings (SSSR count). The van der Waals surface area contributed by atoms with Crippen molar-refractivity contribution in [1.82, 2.24) is 40.4 Å². The summed E-state index contributed by atoms with van der Waals surface area (Å²) in [5, 5.41) is 18.1. The van der Waals surface area contributed by atoms with Gasteiger partial charge in [-0.3, -0.25) is 4.79 Å². The van der Waals surface area contributed by atoms with Gasteiger partial charge in [0.05, 0.1) is 24.1 Å². The van der Waals surface area contributed by atoms with E-state index >= 15 is 0 Å². The van der Waals surface area contributed by atoms with Crippen LogP contribution >= 0.6 is 0 Å². The third-order valence-electron chi connectivity index (χ3n) is 7.92. The number of alkyl halides is 2. The van der Waals surface area contributed by atoms with Crippen LogP contribution in [0.2, 0.25) is 0 Å². The molecule has 0 bridgehead atoms. The summed E-state index contributed by atoms with van der Waals surface area (Å²) in [6.07, 6.45) is 5.26. The van der Waals surface area contributed by atoms with Gasteiger partial charge in [-0.15, -0.1) is 0 Å². The fraction of sp³-hybridized carbons (Fsp3) is 0.615. The van der Waals surface area contributed by atoms with Gasteiger partial charge in [-0.25, -0.2) is 27.7 Å². The summed E-state index contributed by atoms with van der Waals surface area (Å²) in [7, 11) is 0. The molecule has 0 unspecified atom stereocenters. The van der Waals surface area contributed by atoms with Crippen LogP contribution in [-0.4, -0.2) is 60.8 Å². The van der Waals surface area contributed by atoms with E-state index in [9.17, 15) is 18.4 Å². The molecule has 3 fully saturated rings. The van der Waals surface area contributed by atoms with Gasteiger partial charge in [0.15, 0.2) is 11.3 Å². The molecule has 1 saturated heterocycles. The fourth-order valence-electron chi connectivity index (χ4n) is 5.61. The Bertz CT molecular complexity index is 1390. The predicted octanol–water partition coefficient (Wildman–Crippen LogP) is 3.84. The van der Waals surface area contributed by atoms with Gasteiger partial charge in [0, 0.05) is 38.4 Å². The quantitative estimate of drug-likeness (QED) is 0.464. The summed E-state index contributed by atoms with van der Waals surface area (Å²) in [5.74, 6) is -3.23. The monoisotopic (exact) mass is 542 g/mol. The van der Waals surface area contributed by atoms with Crippen LogP contribution < -0.4 is 10.6 Å². The first-order chi connectivity index (χ1) is 18.6. The van der Waals surface area contributed by atoms with E-state index in [1.54, 1.807) is 21.8 Å². The molecule has 1 aliphatic heterocycles. The molecule has 1 atom stereocenters. The number of imidazole rings is 1. The molecule has 208 valence electrons. The summed E-state index contributed by atoms with van der Waals surface area (Å²) in [6, 6.07) is 1.12. The first kappa shape index (κ1) is 25.6. The van der Waals surface area contributed by atoms with Gasteiger partial charge in [-0.05, 0) is 53.8 Å². The zero-order valence-electron chi connectivity index (χ0n) is 22.0. The summed E-state index contributed by atoms with van der Waals surface area (Å²) in [6.45, 7) is 5.81. The average Bonchev–Trinajstić information content (AvgIpc) is 3.45. The zero-order valence-corrected chi connectivity index (χ0v) is 22.0. The van der Waals surface area contributed by atoms with Crippen molar-refractivity contribution in [3.8, 4) is 0 Å². The smallest absolute Gasteiger partial charge is 0.317 e. The number of nitrogens with one attached hydrogen (secondary N) is 2. The summed E-state index contributed by atoms with van der Waals surface area (Å²) in [4.78, 5) is 32.2. The maximum atomic E-state index is 14.0. The number of hydrogen-bond donors (Lipinski definition) is 2. The lowest BCUT2D eigenvalue weighted by atomic mass is 9.81. The highest BCUT2D eigenvalue weighted by Crippen LogP contribution is 2.42. The Morgan fingerprint density at radius 3 is 2.74 bits per heavy atom. The van der Waals surface area contributed by atoms with Crippen LogP contribution in [-0.2, 0) is 6.54 Å². The fourth-order valence-corrected chi connectivity index (χ4v) is 5.61. The molecule has 39 heavy (non-hydrogen) atoms. The summed E-state index contributed by atoms with van der Waals surface area (Å²) >= 11 is 0. The molecule has 0 radical (unpaired) electrons. The number of fused-ring (bicyclic) bond motifs is 1. The maximum Gasteiger partial charge on any atom is 0.317 e. The lowest BCUT2D eigenvalue weighted by molar-refractivity contribution is -0.0495. The Labute approximate surface area is 223 Å². The number of rotatable bonds is 7. The Morgan fingerprint density at radius 1 is 1.23 bits per heavy atom. The third-order valence-corrected chi connectivity index (χ3v) is 7.92. The van der Waals surface area contributed by atoms with Gasteiger partial charge < -0.3 is 15.5 Å². The topological polar surface area (TPSA) is 131 Å². The van der Waals surface area contributed by atoms with Crippen LogP contribution in [0.15, 0.2) is 23.1 Å². The molecule has 3 aromatic rings. The van der Waals surface area contributed by atoms with Crippen molar-refractivity contribution in [2.45, 2.75) is 76.8 Å². The van der Waals surface area contributed by atoms with Crippen LogP contribution in [0.1, 0.15) is 91.8 Å². The normalized spacial score (nSPS) is 22.1. The van der Waals surface area contributed by atoms with Gasteiger partial charge in [-0.2, -0.15) is 5.10 Å². The van der Waals surface area contributed by atoms with Crippen LogP contribution in [0.3, 0.4) is 0 Å². The number of hydrogen-bond acceptors (Lipinski definition) is 7. The zero-order chi connectivity index (χ0) is 27.4. The second-order valence-electron chi connectivity index (χ2n) is 11.9. The minimum Gasteiger partial charge on any atom is -0.342 e. The van der Waals surface area contributed by atoms with Crippen LogP contribution in [0.5, 0.6) is 0 Å². The van der Waals surface area contributed by atoms with E-state index in [-0.39, 0.29) is 54.7 Å². The van der Waals surface area contributed by atoms with Crippen molar-refractivity contribution in [1.29, 1.82) is 0 Å². The minimum atomic E-state index is -2.70. The van der Waals surface area contributed by atoms with E-state index in [0.29, 0.717) is 36.7 Å². The van der Waals surface area contributed by atoms with E-state index in [4.69, 9.17) is 9.61 Å². The van der Waals surface area contributed by atoms with Gasteiger partial charge >= 0.3 is 6.03 Å². The first-order valence-corrected chi connectivity index (χ1v) is 13.5. The molecule has 13 heteroatoms. The van der Waals surface area contributed by atoms with Gasteiger partial charge in [0.2, 0.25) is 5.92 Å². The summed E-state index contributed by atoms with van der Waals surface area (Å²) in [5.41, 5.74) is 2.51. The largest absolute Gasteiger partial charge is 0.342 e. The van der Waals surface area contributed by atoms with E-state index in [1.165, 1.54) is 0 Å². The number of amides is 3. The molecule has 0 spiro atoms. The predicted molar refractivity (Wildman–Crippen MR) is 134 cm³/mol. The van der Waals surface area contributed by atoms with Crippen molar-refractivity contribution in [2.24, 2.45) is 11.3 Å².